The summed E-state index contributed by atoms with van der Waals surface area (Å²) in [7, 11) is 2.16. The summed E-state index contributed by atoms with van der Waals surface area (Å²) in [6.07, 6.45) is 2.39. The Morgan fingerprint density at radius 1 is 1.16 bits per heavy atom. The molecule has 0 aliphatic carbocycles. The molecule has 1 saturated heterocycles. The summed E-state index contributed by atoms with van der Waals surface area (Å²) in [6.45, 7) is 9.69. The fraction of sp³-hybridized carbons (Fsp3) is 0.650. The van der Waals surface area contributed by atoms with Crippen LogP contribution in [0.15, 0.2) is 24.3 Å². The van der Waals surface area contributed by atoms with Gasteiger partial charge in [-0.2, -0.15) is 0 Å². The first-order chi connectivity index (χ1) is 12.0. The minimum atomic E-state index is -0.229. The number of likely N-dealkylation sites (N-methyl/N-ethyl adjacent to an activating group) is 2. The van der Waals surface area contributed by atoms with Crippen molar-refractivity contribution in [1.82, 2.24) is 14.7 Å². The molecule has 0 spiro atoms. The van der Waals surface area contributed by atoms with E-state index >= 15 is 0 Å². The zero-order valence-corrected chi connectivity index (χ0v) is 15.9. The van der Waals surface area contributed by atoms with Crippen LogP contribution in [-0.2, 0) is 11.3 Å². The van der Waals surface area contributed by atoms with Crippen molar-refractivity contribution >= 4 is 5.91 Å². The molecule has 0 bridgehead atoms. The second-order valence-corrected chi connectivity index (χ2v) is 6.90. The first-order valence-electron chi connectivity index (χ1n) is 9.48. The van der Waals surface area contributed by atoms with Crippen LogP contribution in [0.5, 0.6) is 0 Å². The molecule has 1 aromatic carbocycles. The highest BCUT2D eigenvalue weighted by atomic mass is 19.1. The van der Waals surface area contributed by atoms with Crippen LogP contribution >= 0.6 is 0 Å². The quantitative estimate of drug-likeness (QED) is 0.722. The van der Waals surface area contributed by atoms with Crippen LogP contribution < -0.4 is 0 Å². The molecule has 1 aliphatic heterocycles. The second kappa shape index (κ2) is 9.88. The normalized spacial score (nSPS) is 18.9. The number of carbonyl (C=O) groups is 1. The van der Waals surface area contributed by atoms with Crippen molar-refractivity contribution in [2.45, 2.75) is 45.7 Å². The third-order valence-corrected chi connectivity index (χ3v) is 5.38. The van der Waals surface area contributed by atoms with E-state index in [-0.39, 0.29) is 11.7 Å². The van der Waals surface area contributed by atoms with Gasteiger partial charge in [-0.15, -0.1) is 0 Å². The van der Waals surface area contributed by atoms with Crippen molar-refractivity contribution in [3.8, 4) is 0 Å². The Kier molecular flexibility index (Phi) is 7.85. The minimum absolute atomic E-state index is 0.142. The summed E-state index contributed by atoms with van der Waals surface area (Å²) in [5, 5.41) is 0. The van der Waals surface area contributed by atoms with Gasteiger partial charge in [0.05, 0.1) is 0 Å². The van der Waals surface area contributed by atoms with E-state index in [2.05, 4.69) is 30.7 Å². The number of likely N-dealkylation sites (tertiary alicyclic amines) is 1. The topological polar surface area (TPSA) is 26.8 Å². The van der Waals surface area contributed by atoms with E-state index in [4.69, 9.17) is 0 Å². The summed E-state index contributed by atoms with van der Waals surface area (Å²) in [6, 6.07) is 7.15. The first-order valence-corrected chi connectivity index (χ1v) is 9.48. The van der Waals surface area contributed by atoms with Gasteiger partial charge in [0, 0.05) is 44.2 Å². The average Bonchev–Trinajstić information content (AvgIpc) is 2.80. The zero-order chi connectivity index (χ0) is 18.2. The molecule has 4 nitrogen and oxygen atoms in total. The molecule has 1 aliphatic rings. The molecule has 0 aromatic heterocycles. The van der Waals surface area contributed by atoms with E-state index in [9.17, 15) is 9.18 Å². The van der Waals surface area contributed by atoms with Crippen LogP contribution in [0.25, 0.3) is 0 Å². The van der Waals surface area contributed by atoms with Crippen LogP contribution in [0.2, 0.25) is 0 Å². The standard InChI is InChI=1S/C20H32FN3O/c1-4-23(5-2)15-14-22(3)18-10-11-20(25)24(13-12-18)16-17-8-6-7-9-19(17)21/h6-9,18H,4-5,10-16H2,1-3H3/t18-/m0/s1. The van der Waals surface area contributed by atoms with E-state index in [0.717, 1.165) is 39.0 Å². The van der Waals surface area contributed by atoms with Gasteiger partial charge in [0.1, 0.15) is 5.82 Å². The molecular weight excluding hydrogens is 317 g/mol. The molecule has 1 fully saturated rings. The third kappa shape index (κ3) is 5.79. The Hall–Kier alpha value is -1.46. The van der Waals surface area contributed by atoms with E-state index < -0.39 is 0 Å². The molecule has 5 heteroatoms. The molecule has 0 N–H and O–H groups in total. The van der Waals surface area contributed by atoms with Gasteiger partial charge in [0.15, 0.2) is 0 Å². The van der Waals surface area contributed by atoms with Crippen molar-refractivity contribution in [1.29, 1.82) is 0 Å². The lowest BCUT2D eigenvalue weighted by molar-refractivity contribution is -0.131. The van der Waals surface area contributed by atoms with Gasteiger partial charge in [0.2, 0.25) is 5.91 Å². The summed E-state index contributed by atoms with van der Waals surface area (Å²) < 4.78 is 13.9. The number of carbonyl (C=O) groups excluding carboxylic acids is 1. The molecule has 1 heterocycles. The Morgan fingerprint density at radius 2 is 1.88 bits per heavy atom. The fourth-order valence-corrected chi connectivity index (χ4v) is 3.48. The lowest BCUT2D eigenvalue weighted by atomic mass is 10.1. The highest BCUT2D eigenvalue weighted by Crippen LogP contribution is 2.19. The van der Waals surface area contributed by atoms with Crippen molar-refractivity contribution in [2.75, 3.05) is 39.8 Å². The monoisotopic (exact) mass is 349 g/mol. The third-order valence-electron chi connectivity index (χ3n) is 5.38. The fourth-order valence-electron chi connectivity index (χ4n) is 3.48. The van der Waals surface area contributed by atoms with Crippen LogP contribution in [-0.4, -0.2) is 66.4 Å². The number of rotatable bonds is 8. The number of hydrogen-bond donors (Lipinski definition) is 0. The smallest absolute Gasteiger partial charge is 0.222 e. The molecule has 25 heavy (non-hydrogen) atoms. The van der Waals surface area contributed by atoms with Crippen LogP contribution in [0, 0.1) is 5.82 Å². The Bertz CT molecular complexity index is 547. The van der Waals surface area contributed by atoms with E-state index in [0.29, 0.717) is 31.1 Å². The number of halogens is 1. The van der Waals surface area contributed by atoms with E-state index in [1.807, 2.05) is 11.0 Å². The molecule has 140 valence electrons. The lowest BCUT2D eigenvalue weighted by Gasteiger charge is -2.29. The van der Waals surface area contributed by atoms with Crippen molar-refractivity contribution in [3.05, 3.63) is 35.6 Å². The minimum Gasteiger partial charge on any atom is -0.338 e. The summed E-state index contributed by atoms with van der Waals surface area (Å²) in [4.78, 5) is 19.1. The molecular formula is C20H32FN3O. The average molecular weight is 349 g/mol. The number of hydrogen-bond acceptors (Lipinski definition) is 3. The van der Waals surface area contributed by atoms with Gasteiger partial charge < -0.3 is 14.7 Å². The highest BCUT2D eigenvalue weighted by Gasteiger charge is 2.25. The molecule has 1 amide bonds. The first kappa shape index (κ1) is 19.9. The maximum atomic E-state index is 13.9. The van der Waals surface area contributed by atoms with Gasteiger partial charge in [0.25, 0.3) is 0 Å². The van der Waals surface area contributed by atoms with Crippen molar-refractivity contribution < 1.29 is 9.18 Å². The van der Waals surface area contributed by atoms with Gasteiger partial charge in [-0.3, -0.25) is 4.79 Å². The van der Waals surface area contributed by atoms with E-state index in [1.54, 1.807) is 12.1 Å². The molecule has 0 radical (unpaired) electrons. The van der Waals surface area contributed by atoms with Crippen LogP contribution in [0.1, 0.15) is 38.7 Å². The second-order valence-electron chi connectivity index (χ2n) is 6.90. The Balaban J connectivity index is 1.89. The van der Waals surface area contributed by atoms with Gasteiger partial charge in [-0.05, 0) is 39.0 Å². The zero-order valence-electron chi connectivity index (χ0n) is 15.9. The highest BCUT2D eigenvalue weighted by molar-refractivity contribution is 5.76. The number of nitrogens with zero attached hydrogens (tertiary/aromatic N) is 3. The maximum Gasteiger partial charge on any atom is 0.222 e. The molecule has 1 aromatic rings. The van der Waals surface area contributed by atoms with Crippen molar-refractivity contribution in [2.24, 2.45) is 0 Å². The predicted octanol–water partition coefficient (Wildman–Crippen LogP) is 2.98. The Labute approximate surface area is 151 Å². The number of benzene rings is 1. The summed E-state index contributed by atoms with van der Waals surface area (Å²) >= 11 is 0. The van der Waals surface area contributed by atoms with Crippen molar-refractivity contribution in [3.63, 3.8) is 0 Å². The Morgan fingerprint density at radius 3 is 2.56 bits per heavy atom. The molecule has 1 atom stereocenters. The maximum absolute atomic E-state index is 13.9. The SMILES string of the molecule is CCN(CC)CCN(C)[C@H]1CCC(=O)N(Cc2ccccc2F)CC1. The summed E-state index contributed by atoms with van der Waals surface area (Å²) in [5.74, 6) is -0.0877. The van der Waals surface area contributed by atoms with E-state index in [1.165, 1.54) is 6.07 Å². The summed E-state index contributed by atoms with van der Waals surface area (Å²) in [5.41, 5.74) is 0.601. The molecule has 0 unspecified atom stereocenters. The number of amides is 1. The lowest BCUT2D eigenvalue weighted by Crippen LogP contribution is -2.39. The predicted molar refractivity (Wildman–Crippen MR) is 99.9 cm³/mol. The largest absolute Gasteiger partial charge is 0.338 e. The molecule has 0 saturated carbocycles. The van der Waals surface area contributed by atoms with Gasteiger partial charge in [-0.25, -0.2) is 4.39 Å². The van der Waals surface area contributed by atoms with Gasteiger partial charge >= 0.3 is 0 Å². The van der Waals surface area contributed by atoms with Crippen LogP contribution in [0.3, 0.4) is 0 Å². The van der Waals surface area contributed by atoms with Gasteiger partial charge in [-0.1, -0.05) is 32.0 Å². The van der Waals surface area contributed by atoms with Crippen LogP contribution in [0.4, 0.5) is 4.39 Å². The molecule has 2 rings (SSSR count).